The van der Waals surface area contributed by atoms with Crippen LogP contribution in [0.5, 0.6) is 0 Å². The van der Waals surface area contributed by atoms with Crippen molar-refractivity contribution >= 4 is 43.7 Å². The molecule has 0 rings (SSSR count). The Balaban J connectivity index is -0.0000000131. The van der Waals surface area contributed by atoms with Crippen molar-refractivity contribution in [3.8, 4) is 0 Å². The number of hydrogen-bond acceptors (Lipinski definition) is 3. The zero-order valence-corrected chi connectivity index (χ0v) is 11.5. The molecule has 0 saturated heterocycles. The molecule has 0 aromatic rings. The van der Waals surface area contributed by atoms with Crippen LogP contribution >= 0.6 is 0 Å². The Morgan fingerprint density at radius 3 is 1.60 bits per heavy atom. The number of hydrogen-bond donors (Lipinski definition) is 1. The van der Waals surface area contributed by atoms with Gasteiger partial charge in [-0.05, 0) is 13.8 Å². The first kappa shape index (κ1) is 29.6. The van der Waals surface area contributed by atoms with E-state index in [0.717, 1.165) is 6.92 Å². The zero-order chi connectivity index (χ0) is 6.28. The monoisotopic (exact) mass is 203 g/mol. The molecule has 52 valence electrons. The zero-order valence-electron chi connectivity index (χ0n) is 6.56. The number of aliphatic hydroxyl groups excluding tert-OH is 1. The molecule has 3 nitrogen and oxygen atoms in total. The summed E-state index contributed by atoms with van der Waals surface area (Å²) < 4.78 is 0. The first-order chi connectivity index (χ1) is 3.15. The molecule has 0 bridgehead atoms. The molecule has 0 unspecified atom stereocenters. The van der Waals surface area contributed by atoms with Crippen LogP contribution < -0.4 is 47.1 Å². The van der Waals surface area contributed by atoms with E-state index in [9.17, 15) is 0 Å². The maximum absolute atomic E-state index is 8.89. The normalized spacial score (nSPS) is 4.30. The van der Waals surface area contributed by atoms with Crippen molar-refractivity contribution in [2.75, 3.05) is 6.61 Å². The van der Waals surface area contributed by atoms with Gasteiger partial charge in [0.05, 0.1) is 0 Å². The summed E-state index contributed by atoms with van der Waals surface area (Å²) in [6.45, 7) is 2.90. The molecule has 10 heavy (non-hydrogen) atoms. The van der Waals surface area contributed by atoms with E-state index < -0.39 is 5.97 Å². The molecule has 0 spiro atoms. The van der Waals surface area contributed by atoms with Crippen molar-refractivity contribution in [3.63, 3.8) is 0 Å². The number of rotatable bonds is 0. The minimum Gasteiger partial charge on any atom is -1.00 e. The van der Waals surface area contributed by atoms with Gasteiger partial charge >= 0.3 is 67.3 Å². The molecule has 0 amide bonds. The van der Waals surface area contributed by atoms with Crippen molar-refractivity contribution in [1.82, 2.24) is 0 Å². The summed E-state index contributed by atoms with van der Waals surface area (Å²) in [6, 6.07) is 0. The molecule has 6 heteroatoms. The van der Waals surface area contributed by atoms with Crippen LogP contribution in [0.3, 0.4) is 0 Å². The smallest absolute Gasteiger partial charge is 1.00 e. The van der Waals surface area contributed by atoms with Crippen LogP contribution in [0.1, 0.15) is 13.8 Å². The second kappa shape index (κ2) is 30.6. The van der Waals surface area contributed by atoms with Crippen LogP contribution in [-0.2, 0) is 4.79 Å². The molecule has 1 N–H and O–H groups in total. The van der Waals surface area contributed by atoms with Crippen LogP contribution in [0.25, 0.3) is 0 Å². The van der Waals surface area contributed by atoms with E-state index in [4.69, 9.17) is 15.0 Å². The van der Waals surface area contributed by atoms with Gasteiger partial charge in [-0.1, -0.05) is 0 Å². The summed E-state index contributed by atoms with van der Waals surface area (Å²) in [5, 5.41) is 16.5. The van der Waals surface area contributed by atoms with Crippen molar-refractivity contribution < 1.29 is 57.0 Å². The number of carboxylic acid groups (broad SMARTS) is 1. The first-order valence-electron chi connectivity index (χ1n) is 1.93. The third kappa shape index (κ3) is 205. The predicted molar refractivity (Wildman–Crippen MR) is 29.2 cm³/mol. The van der Waals surface area contributed by atoms with Crippen LogP contribution in [0.4, 0.5) is 0 Å². The second-order valence-electron chi connectivity index (χ2n) is 0.808. The molecule has 0 radical (unpaired) electrons. The van der Waals surface area contributed by atoms with Gasteiger partial charge < -0.3 is 27.4 Å². The fraction of sp³-hybridized carbons (Fsp3) is 0.750. The molecule has 0 aliphatic carbocycles. The summed E-state index contributed by atoms with van der Waals surface area (Å²) in [7, 11) is 0. The van der Waals surface area contributed by atoms with Crippen LogP contribution in [-0.4, -0.2) is 55.4 Å². The van der Waals surface area contributed by atoms with Gasteiger partial charge in [0.2, 0.25) is 0 Å². The van der Waals surface area contributed by atoms with Crippen molar-refractivity contribution in [2.45, 2.75) is 13.8 Å². The van der Waals surface area contributed by atoms with E-state index in [0.29, 0.717) is 0 Å². The summed E-state index contributed by atoms with van der Waals surface area (Å²) in [6.07, 6.45) is 0. The van der Waals surface area contributed by atoms with Gasteiger partial charge in [-0.3, -0.25) is 0 Å². The van der Waals surface area contributed by atoms with E-state index in [2.05, 4.69) is 0 Å². The maximum Gasteiger partial charge on any atom is 2.00 e. The molecule has 0 aromatic carbocycles. The third-order valence-electron chi connectivity index (χ3n) is 0. The second-order valence-corrected chi connectivity index (χ2v) is 0.808. The van der Waals surface area contributed by atoms with E-state index in [1.165, 1.54) is 0 Å². The Morgan fingerprint density at radius 2 is 1.60 bits per heavy atom. The van der Waals surface area contributed by atoms with E-state index in [1.54, 1.807) is 6.92 Å². The summed E-state index contributed by atoms with van der Waals surface area (Å²) >= 11 is 0. The SMILES string of the molecule is CC(=O)[O-].CCO.[Ca+2].[Cl-].[Na+]. The van der Waals surface area contributed by atoms with Crippen LogP contribution in [0.15, 0.2) is 0 Å². The number of aliphatic carboxylic acids is 1. The largest absolute Gasteiger partial charge is 2.00 e. The van der Waals surface area contributed by atoms with Gasteiger partial charge in [-0.2, -0.15) is 0 Å². The number of carbonyl (C=O) groups excluding carboxylic acids is 1. The Bertz CT molecular complexity index is 51.8. The van der Waals surface area contributed by atoms with Gasteiger partial charge in [0, 0.05) is 12.6 Å². The number of carboxylic acids is 1. The third-order valence-corrected chi connectivity index (χ3v) is 0. The molecule has 0 aliphatic heterocycles. The summed E-state index contributed by atoms with van der Waals surface area (Å²) in [5.74, 6) is -1.08. The van der Waals surface area contributed by atoms with Gasteiger partial charge in [-0.25, -0.2) is 0 Å². The average Bonchev–Trinajstić information content (AvgIpc) is 1.33. The van der Waals surface area contributed by atoms with E-state index in [1.807, 2.05) is 0 Å². The molecular weight excluding hydrogens is 195 g/mol. The van der Waals surface area contributed by atoms with Gasteiger partial charge in [0.15, 0.2) is 0 Å². The fourth-order valence-electron chi connectivity index (χ4n) is 0. The van der Waals surface area contributed by atoms with E-state index in [-0.39, 0.29) is 86.3 Å². The molecular formula is C4H9CaClNaO3+. The molecule has 0 atom stereocenters. The standard InChI is InChI=1S/C2H4O2.C2H6O.Ca.ClH.Na/c1-2(3)4;1-2-3;;;/h1H3,(H,3,4);3H,2H2,1H3;;1H;/q;;+2;;+1/p-2. The van der Waals surface area contributed by atoms with Crippen LogP contribution in [0, 0.1) is 0 Å². The Kier molecular flexibility index (Phi) is 90.7. The topological polar surface area (TPSA) is 60.4 Å². The molecule has 0 aliphatic rings. The van der Waals surface area contributed by atoms with Gasteiger partial charge in [0.1, 0.15) is 0 Å². The summed E-state index contributed by atoms with van der Waals surface area (Å²) in [4.78, 5) is 8.89. The van der Waals surface area contributed by atoms with Crippen molar-refractivity contribution in [3.05, 3.63) is 0 Å². The van der Waals surface area contributed by atoms with Crippen molar-refractivity contribution in [2.24, 2.45) is 0 Å². The average molecular weight is 204 g/mol. The summed E-state index contributed by atoms with van der Waals surface area (Å²) in [5.41, 5.74) is 0. The molecule has 0 fully saturated rings. The minimum absolute atomic E-state index is 0. The number of aliphatic hydroxyl groups is 1. The Hall–Kier alpha value is 1.98. The van der Waals surface area contributed by atoms with E-state index >= 15 is 0 Å². The van der Waals surface area contributed by atoms with Gasteiger partial charge in [-0.15, -0.1) is 0 Å². The quantitative estimate of drug-likeness (QED) is 0.398. The molecule has 0 heterocycles. The maximum atomic E-state index is 8.89. The number of halogens is 1. The Labute approximate surface area is 119 Å². The predicted octanol–water partition coefficient (Wildman–Crippen LogP) is -7.62. The Morgan fingerprint density at radius 1 is 1.60 bits per heavy atom. The molecule has 0 aromatic heterocycles. The van der Waals surface area contributed by atoms with Crippen LogP contribution in [0.2, 0.25) is 0 Å². The van der Waals surface area contributed by atoms with Crippen molar-refractivity contribution in [1.29, 1.82) is 0 Å². The van der Waals surface area contributed by atoms with Gasteiger partial charge in [0.25, 0.3) is 0 Å². The fourth-order valence-corrected chi connectivity index (χ4v) is 0. The minimum atomic E-state index is -1.08. The number of carbonyl (C=O) groups is 1. The molecule has 0 saturated carbocycles. The first-order valence-corrected chi connectivity index (χ1v) is 1.93.